The van der Waals surface area contributed by atoms with Crippen LogP contribution in [0.1, 0.15) is 24.0 Å². The van der Waals surface area contributed by atoms with Crippen molar-refractivity contribution in [1.82, 2.24) is 0 Å². The van der Waals surface area contributed by atoms with Crippen molar-refractivity contribution < 1.29 is 9.90 Å². The van der Waals surface area contributed by atoms with Gasteiger partial charge in [-0.15, -0.1) is 23.1 Å². The Morgan fingerprint density at radius 1 is 1.33 bits per heavy atom. The predicted molar refractivity (Wildman–Crippen MR) is 76.4 cm³/mol. The molecule has 0 saturated heterocycles. The molecule has 0 fully saturated rings. The lowest BCUT2D eigenvalue weighted by molar-refractivity contribution is -0.138. The van der Waals surface area contributed by atoms with Gasteiger partial charge in [-0.25, -0.2) is 0 Å². The molecule has 0 bridgehead atoms. The van der Waals surface area contributed by atoms with Crippen molar-refractivity contribution in [2.45, 2.75) is 22.8 Å². The molecule has 1 N–H and O–H groups in total. The van der Waals surface area contributed by atoms with Crippen molar-refractivity contribution in [1.29, 1.82) is 0 Å². The summed E-state index contributed by atoms with van der Waals surface area (Å²) in [5.41, 5.74) is 2.07. The molecule has 1 aromatic carbocycles. The SMILES string of the molecule is CC(C(=O)O)c1ccc(CSc2cccs2)cc1. The van der Waals surface area contributed by atoms with Crippen LogP contribution in [0.2, 0.25) is 0 Å². The summed E-state index contributed by atoms with van der Waals surface area (Å²) in [5, 5.41) is 11.0. The second-order valence-corrected chi connectivity index (χ2v) is 6.25. The van der Waals surface area contributed by atoms with Gasteiger partial charge in [-0.1, -0.05) is 30.3 Å². The number of hydrogen-bond acceptors (Lipinski definition) is 3. The molecule has 2 nitrogen and oxygen atoms in total. The van der Waals surface area contributed by atoms with Crippen LogP contribution in [0.3, 0.4) is 0 Å². The first-order valence-corrected chi connectivity index (χ1v) is 7.51. The number of benzene rings is 1. The number of carbonyl (C=O) groups is 1. The summed E-state index contributed by atoms with van der Waals surface area (Å²) in [6, 6.07) is 12.0. The van der Waals surface area contributed by atoms with Crippen molar-refractivity contribution in [2.75, 3.05) is 0 Å². The standard InChI is InChI=1S/C14H14O2S2/c1-10(14(15)16)12-6-4-11(5-7-12)9-18-13-3-2-8-17-13/h2-8,10H,9H2,1H3,(H,15,16). The fourth-order valence-electron chi connectivity index (χ4n) is 1.55. The van der Waals surface area contributed by atoms with E-state index in [2.05, 4.69) is 11.4 Å². The summed E-state index contributed by atoms with van der Waals surface area (Å²) in [6.45, 7) is 1.71. The lowest BCUT2D eigenvalue weighted by Crippen LogP contribution is -2.07. The molecule has 0 aliphatic rings. The zero-order valence-corrected chi connectivity index (χ0v) is 11.6. The number of carboxylic acid groups (broad SMARTS) is 1. The fraction of sp³-hybridized carbons (Fsp3) is 0.214. The van der Waals surface area contributed by atoms with Crippen LogP contribution in [0.15, 0.2) is 46.0 Å². The second kappa shape index (κ2) is 6.07. The van der Waals surface area contributed by atoms with Crippen molar-refractivity contribution in [3.05, 3.63) is 52.9 Å². The summed E-state index contributed by atoms with van der Waals surface area (Å²) >= 11 is 3.54. The van der Waals surface area contributed by atoms with Gasteiger partial charge in [-0.2, -0.15) is 0 Å². The summed E-state index contributed by atoms with van der Waals surface area (Å²) in [6.07, 6.45) is 0. The van der Waals surface area contributed by atoms with E-state index in [1.807, 2.05) is 30.3 Å². The van der Waals surface area contributed by atoms with Crippen molar-refractivity contribution in [3.63, 3.8) is 0 Å². The van der Waals surface area contributed by atoms with E-state index in [0.717, 1.165) is 11.3 Å². The highest BCUT2D eigenvalue weighted by Crippen LogP contribution is 2.27. The smallest absolute Gasteiger partial charge is 0.310 e. The molecule has 4 heteroatoms. The maximum atomic E-state index is 10.9. The third-order valence-corrected chi connectivity index (χ3v) is 4.93. The van der Waals surface area contributed by atoms with Crippen LogP contribution in [0.25, 0.3) is 0 Å². The van der Waals surface area contributed by atoms with Gasteiger partial charge in [0, 0.05) is 5.75 Å². The Kier molecular flexibility index (Phi) is 4.44. The minimum Gasteiger partial charge on any atom is -0.481 e. The van der Waals surface area contributed by atoms with Gasteiger partial charge in [0.2, 0.25) is 0 Å². The van der Waals surface area contributed by atoms with Gasteiger partial charge in [0.25, 0.3) is 0 Å². The second-order valence-electron chi connectivity index (χ2n) is 4.02. The number of thioether (sulfide) groups is 1. The largest absolute Gasteiger partial charge is 0.481 e. The number of rotatable bonds is 5. The zero-order valence-electron chi connectivity index (χ0n) is 10.00. The fourth-order valence-corrected chi connectivity index (χ4v) is 3.29. The quantitative estimate of drug-likeness (QED) is 0.832. The molecule has 0 saturated carbocycles. The number of thiophene rings is 1. The van der Waals surface area contributed by atoms with Crippen molar-refractivity contribution in [3.8, 4) is 0 Å². The van der Waals surface area contributed by atoms with E-state index < -0.39 is 11.9 Å². The van der Waals surface area contributed by atoms with Crippen LogP contribution >= 0.6 is 23.1 Å². The Balaban J connectivity index is 1.97. The molecule has 1 unspecified atom stereocenters. The third kappa shape index (κ3) is 3.37. The maximum Gasteiger partial charge on any atom is 0.310 e. The van der Waals surface area contributed by atoms with Crippen LogP contribution < -0.4 is 0 Å². The van der Waals surface area contributed by atoms with Gasteiger partial charge in [-0.3, -0.25) is 4.79 Å². The van der Waals surface area contributed by atoms with E-state index in [1.165, 1.54) is 9.77 Å². The zero-order chi connectivity index (χ0) is 13.0. The molecule has 0 amide bonds. The summed E-state index contributed by atoms with van der Waals surface area (Å²) in [5.74, 6) is -0.304. The van der Waals surface area contributed by atoms with E-state index >= 15 is 0 Å². The molecular weight excluding hydrogens is 264 g/mol. The molecule has 2 rings (SSSR count). The van der Waals surface area contributed by atoms with Crippen molar-refractivity contribution >= 4 is 29.1 Å². The minimum absolute atomic E-state index is 0.441. The van der Waals surface area contributed by atoms with E-state index in [1.54, 1.807) is 30.0 Å². The molecule has 1 heterocycles. The van der Waals surface area contributed by atoms with Gasteiger partial charge in [0.15, 0.2) is 0 Å². The topological polar surface area (TPSA) is 37.3 Å². The van der Waals surface area contributed by atoms with E-state index in [4.69, 9.17) is 5.11 Å². The Hall–Kier alpha value is -1.26. The first-order chi connectivity index (χ1) is 8.66. The molecule has 0 spiro atoms. The first kappa shape index (κ1) is 13.2. The molecule has 0 aliphatic heterocycles. The van der Waals surface area contributed by atoms with Crippen LogP contribution in [-0.4, -0.2) is 11.1 Å². The number of aliphatic carboxylic acids is 1. The number of carboxylic acids is 1. The summed E-state index contributed by atoms with van der Waals surface area (Å²) in [4.78, 5) is 10.9. The molecule has 0 radical (unpaired) electrons. The monoisotopic (exact) mass is 278 g/mol. The van der Waals surface area contributed by atoms with Gasteiger partial charge in [0.1, 0.15) is 0 Å². The molecule has 0 aliphatic carbocycles. The normalized spacial score (nSPS) is 12.3. The Morgan fingerprint density at radius 2 is 2.06 bits per heavy atom. The van der Waals surface area contributed by atoms with E-state index in [-0.39, 0.29) is 0 Å². The Bertz CT molecular complexity index is 503. The van der Waals surface area contributed by atoms with Crippen LogP contribution in [0.5, 0.6) is 0 Å². The molecule has 2 aromatic rings. The van der Waals surface area contributed by atoms with Crippen LogP contribution in [0, 0.1) is 0 Å². The highest BCUT2D eigenvalue weighted by Gasteiger charge is 2.12. The lowest BCUT2D eigenvalue weighted by atomic mass is 10.0. The molecule has 18 heavy (non-hydrogen) atoms. The minimum atomic E-state index is -0.782. The highest BCUT2D eigenvalue weighted by molar-refractivity contribution is 8.00. The maximum absolute atomic E-state index is 10.9. The van der Waals surface area contributed by atoms with Gasteiger partial charge < -0.3 is 5.11 Å². The van der Waals surface area contributed by atoms with Gasteiger partial charge >= 0.3 is 5.97 Å². The average Bonchev–Trinajstić information content (AvgIpc) is 2.89. The Labute approximate surface area is 115 Å². The lowest BCUT2D eigenvalue weighted by Gasteiger charge is -2.07. The van der Waals surface area contributed by atoms with Crippen LogP contribution in [0.4, 0.5) is 0 Å². The van der Waals surface area contributed by atoms with Crippen LogP contribution in [-0.2, 0) is 10.5 Å². The third-order valence-electron chi connectivity index (χ3n) is 2.73. The van der Waals surface area contributed by atoms with Gasteiger partial charge in [0.05, 0.1) is 10.1 Å². The van der Waals surface area contributed by atoms with Gasteiger partial charge in [-0.05, 0) is 29.5 Å². The average molecular weight is 278 g/mol. The molecule has 1 aromatic heterocycles. The number of hydrogen-bond donors (Lipinski definition) is 1. The molecule has 1 atom stereocenters. The molecule has 94 valence electrons. The van der Waals surface area contributed by atoms with Crippen molar-refractivity contribution in [2.24, 2.45) is 0 Å². The van der Waals surface area contributed by atoms with E-state index in [0.29, 0.717) is 0 Å². The van der Waals surface area contributed by atoms with E-state index in [9.17, 15) is 4.79 Å². The highest BCUT2D eigenvalue weighted by atomic mass is 32.2. The summed E-state index contributed by atoms with van der Waals surface area (Å²) in [7, 11) is 0. The first-order valence-electron chi connectivity index (χ1n) is 5.65. The Morgan fingerprint density at radius 3 is 2.61 bits per heavy atom. The molecular formula is C14H14O2S2. The predicted octanol–water partition coefficient (Wildman–Crippen LogP) is 4.23. The summed E-state index contributed by atoms with van der Waals surface area (Å²) < 4.78 is 1.30.